The fraction of sp³-hybridized carbons (Fsp3) is 0.200. The molecule has 0 atom stereocenters. The van der Waals surface area contributed by atoms with E-state index in [1.54, 1.807) is 12.3 Å². The SMILES string of the molecule is N#Cc1ccc(C=CCCN)cn1. The van der Waals surface area contributed by atoms with E-state index >= 15 is 0 Å². The van der Waals surface area contributed by atoms with Crippen LogP contribution in [0.5, 0.6) is 0 Å². The van der Waals surface area contributed by atoms with Gasteiger partial charge in [0.25, 0.3) is 0 Å². The Morgan fingerprint density at radius 2 is 2.38 bits per heavy atom. The predicted molar refractivity (Wildman–Crippen MR) is 51.7 cm³/mol. The van der Waals surface area contributed by atoms with E-state index in [9.17, 15) is 0 Å². The fourth-order valence-corrected chi connectivity index (χ4v) is 0.886. The van der Waals surface area contributed by atoms with Crippen LogP contribution in [0.15, 0.2) is 24.4 Å². The maximum absolute atomic E-state index is 8.50. The molecule has 1 rings (SSSR count). The van der Waals surface area contributed by atoms with Crippen molar-refractivity contribution in [2.75, 3.05) is 6.54 Å². The number of aromatic nitrogens is 1. The van der Waals surface area contributed by atoms with E-state index in [1.807, 2.05) is 24.3 Å². The number of nitriles is 1. The zero-order valence-electron chi connectivity index (χ0n) is 7.27. The third kappa shape index (κ3) is 3.06. The van der Waals surface area contributed by atoms with Crippen LogP contribution in [0.4, 0.5) is 0 Å². The van der Waals surface area contributed by atoms with Crippen LogP contribution in [0, 0.1) is 11.3 Å². The van der Waals surface area contributed by atoms with Crippen molar-refractivity contribution >= 4 is 6.08 Å². The second-order valence-electron chi connectivity index (χ2n) is 2.57. The molecule has 3 nitrogen and oxygen atoms in total. The highest BCUT2D eigenvalue weighted by molar-refractivity contribution is 5.48. The number of nitrogens with two attached hydrogens (primary N) is 1. The Morgan fingerprint density at radius 3 is 2.92 bits per heavy atom. The second kappa shape index (κ2) is 5.07. The molecule has 0 radical (unpaired) electrons. The molecular weight excluding hydrogens is 162 g/mol. The molecule has 1 aromatic heterocycles. The van der Waals surface area contributed by atoms with Crippen LogP contribution in [0.1, 0.15) is 17.7 Å². The van der Waals surface area contributed by atoms with Crippen molar-refractivity contribution in [1.29, 1.82) is 5.26 Å². The summed E-state index contributed by atoms with van der Waals surface area (Å²) in [6, 6.07) is 5.52. The number of hydrogen-bond acceptors (Lipinski definition) is 3. The summed E-state index contributed by atoms with van der Waals surface area (Å²) in [6.45, 7) is 0.653. The highest BCUT2D eigenvalue weighted by Crippen LogP contribution is 2.01. The van der Waals surface area contributed by atoms with Crippen LogP contribution >= 0.6 is 0 Å². The molecule has 0 amide bonds. The Hall–Kier alpha value is -1.66. The average Bonchev–Trinajstić information content (AvgIpc) is 2.19. The van der Waals surface area contributed by atoms with E-state index in [4.69, 9.17) is 11.0 Å². The summed E-state index contributed by atoms with van der Waals surface area (Å²) in [4.78, 5) is 3.93. The van der Waals surface area contributed by atoms with Gasteiger partial charge in [0.2, 0.25) is 0 Å². The Morgan fingerprint density at radius 1 is 1.54 bits per heavy atom. The molecule has 0 saturated heterocycles. The molecular formula is C10H11N3. The topological polar surface area (TPSA) is 62.7 Å². The minimum absolute atomic E-state index is 0.441. The van der Waals surface area contributed by atoms with Crippen LogP contribution < -0.4 is 5.73 Å². The highest BCUT2D eigenvalue weighted by atomic mass is 14.7. The summed E-state index contributed by atoms with van der Waals surface area (Å²) in [5, 5.41) is 8.50. The molecule has 3 heteroatoms. The van der Waals surface area contributed by atoms with Gasteiger partial charge in [0, 0.05) is 6.20 Å². The molecule has 0 aliphatic heterocycles. The van der Waals surface area contributed by atoms with Crippen molar-refractivity contribution in [3.63, 3.8) is 0 Å². The molecule has 1 heterocycles. The third-order valence-electron chi connectivity index (χ3n) is 1.54. The highest BCUT2D eigenvalue weighted by Gasteiger charge is 1.89. The minimum Gasteiger partial charge on any atom is -0.330 e. The summed E-state index contributed by atoms with van der Waals surface area (Å²) in [7, 11) is 0. The maximum atomic E-state index is 8.50. The van der Waals surface area contributed by atoms with E-state index < -0.39 is 0 Å². The molecule has 0 spiro atoms. The summed E-state index contributed by atoms with van der Waals surface area (Å²) in [6.07, 6.45) is 6.47. The van der Waals surface area contributed by atoms with Gasteiger partial charge in [-0.2, -0.15) is 5.26 Å². The van der Waals surface area contributed by atoms with Gasteiger partial charge in [-0.1, -0.05) is 18.2 Å². The fourth-order valence-electron chi connectivity index (χ4n) is 0.886. The first kappa shape index (κ1) is 9.43. The number of pyridine rings is 1. The molecule has 0 aliphatic rings. The first-order chi connectivity index (χ1) is 6.36. The van der Waals surface area contributed by atoms with Gasteiger partial charge in [-0.05, 0) is 24.6 Å². The molecule has 1 aromatic rings. The lowest BCUT2D eigenvalue weighted by molar-refractivity contribution is 1.01. The van der Waals surface area contributed by atoms with E-state index in [0.29, 0.717) is 12.2 Å². The van der Waals surface area contributed by atoms with Crippen molar-refractivity contribution < 1.29 is 0 Å². The molecule has 13 heavy (non-hydrogen) atoms. The lowest BCUT2D eigenvalue weighted by atomic mass is 10.2. The zero-order chi connectivity index (χ0) is 9.52. The van der Waals surface area contributed by atoms with Crippen molar-refractivity contribution in [1.82, 2.24) is 4.98 Å². The first-order valence-corrected chi connectivity index (χ1v) is 4.09. The zero-order valence-corrected chi connectivity index (χ0v) is 7.27. The predicted octanol–water partition coefficient (Wildman–Crippen LogP) is 1.32. The minimum atomic E-state index is 0.441. The Bertz CT molecular complexity index is 319. The lowest BCUT2D eigenvalue weighted by Gasteiger charge is -1.91. The third-order valence-corrected chi connectivity index (χ3v) is 1.54. The normalized spacial score (nSPS) is 10.2. The van der Waals surface area contributed by atoms with Crippen LogP contribution in [-0.2, 0) is 0 Å². The Balaban J connectivity index is 2.65. The lowest BCUT2D eigenvalue weighted by Crippen LogP contribution is -1.94. The number of hydrogen-bond donors (Lipinski definition) is 1. The largest absolute Gasteiger partial charge is 0.330 e. The van der Waals surface area contributed by atoms with Crippen molar-refractivity contribution in [3.05, 3.63) is 35.7 Å². The van der Waals surface area contributed by atoms with Gasteiger partial charge >= 0.3 is 0 Å². The average molecular weight is 173 g/mol. The van der Waals surface area contributed by atoms with Crippen molar-refractivity contribution in [3.8, 4) is 6.07 Å². The molecule has 0 fully saturated rings. The van der Waals surface area contributed by atoms with E-state index in [2.05, 4.69) is 4.98 Å². The monoisotopic (exact) mass is 173 g/mol. The van der Waals surface area contributed by atoms with E-state index in [1.165, 1.54) is 0 Å². The number of nitrogens with zero attached hydrogens (tertiary/aromatic N) is 2. The molecule has 66 valence electrons. The van der Waals surface area contributed by atoms with Gasteiger partial charge < -0.3 is 5.73 Å². The molecule has 0 unspecified atom stereocenters. The van der Waals surface area contributed by atoms with E-state index in [-0.39, 0.29) is 0 Å². The molecule has 2 N–H and O–H groups in total. The molecule has 0 aliphatic carbocycles. The van der Waals surface area contributed by atoms with Gasteiger partial charge in [0.05, 0.1) is 0 Å². The smallest absolute Gasteiger partial charge is 0.140 e. The van der Waals surface area contributed by atoms with Crippen molar-refractivity contribution in [2.24, 2.45) is 5.73 Å². The van der Waals surface area contributed by atoms with Gasteiger partial charge in [0.1, 0.15) is 11.8 Å². The molecule has 0 saturated carbocycles. The molecule has 0 bridgehead atoms. The first-order valence-electron chi connectivity index (χ1n) is 4.09. The summed E-state index contributed by atoms with van der Waals surface area (Å²) in [5.41, 5.74) is 6.76. The standard InChI is InChI=1S/C10H11N3/c11-6-2-1-3-9-4-5-10(7-12)13-8-9/h1,3-5,8H,2,6,11H2. The van der Waals surface area contributed by atoms with Gasteiger partial charge in [-0.25, -0.2) is 4.98 Å². The van der Waals surface area contributed by atoms with Crippen LogP contribution in [0.2, 0.25) is 0 Å². The van der Waals surface area contributed by atoms with Crippen LogP contribution in [-0.4, -0.2) is 11.5 Å². The van der Waals surface area contributed by atoms with Gasteiger partial charge in [0.15, 0.2) is 0 Å². The maximum Gasteiger partial charge on any atom is 0.140 e. The Kier molecular flexibility index (Phi) is 3.68. The Labute approximate surface area is 77.5 Å². The van der Waals surface area contributed by atoms with E-state index in [0.717, 1.165) is 12.0 Å². The van der Waals surface area contributed by atoms with Crippen LogP contribution in [0.3, 0.4) is 0 Å². The summed E-state index contributed by atoms with van der Waals surface area (Å²) in [5.74, 6) is 0. The summed E-state index contributed by atoms with van der Waals surface area (Å²) >= 11 is 0. The number of rotatable bonds is 3. The van der Waals surface area contributed by atoms with Crippen molar-refractivity contribution in [2.45, 2.75) is 6.42 Å². The van der Waals surface area contributed by atoms with Crippen LogP contribution in [0.25, 0.3) is 6.08 Å². The molecule has 0 aromatic carbocycles. The van der Waals surface area contributed by atoms with Gasteiger partial charge in [-0.15, -0.1) is 0 Å². The second-order valence-corrected chi connectivity index (χ2v) is 2.57. The van der Waals surface area contributed by atoms with Gasteiger partial charge in [-0.3, -0.25) is 0 Å². The quantitative estimate of drug-likeness (QED) is 0.749. The summed E-state index contributed by atoms with van der Waals surface area (Å²) < 4.78 is 0.